The normalized spacial score (nSPS) is 9.75. The maximum Gasteiger partial charge on any atom is 0.138 e. The molecular weight excluding hydrogens is 156 g/mol. The molecule has 0 aliphatic heterocycles. The Balaban J connectivity index is 2.75. The Kier molecular flexibility index (Phi) is 2.76. The van der Waals surface area contributed by atoms with Gasteiger partial charge >= 0.3 is 0 Å². The third-order valence-corrected chi connectivity index (χ3v) is 1.44. The zero-order valence-corrected chi connectivity index (χ0v) is 6.62. The fourth-order valence-electron chi connectivity index (χ4n) is 0.872. The van der Waals surface area contributed by atoms with E-state index in [2.05, 4.69) is 5.32 Å². The average Bonchev–Trinajstić information content (AvgIpc) is 2.07. The van der Waals surface area contributed by atoms with Crippen molar-refractivity contribution in [2.75, 3.05) is 18.4 Å². The van der Waals surface area contributed by atoms with Crippen LogP contribution in [0.25, 0.3) is 0 Å². The van der Waals surface area contributed by atoms with Crippen LogP contribution in [0, 0.1) is 0 Å². The van der Waals surface area contributed by atoms with E-state index >= 15 is 0 Å². The smallest absolute Gasteiger partial charge is 0.138 e. The Morgan fingerprint density at radius 1 is 1.33 bits per heavy atom. The molecule has 0 radical (unpaired) electrons. The number of hydrogen-bond donors (Lipinski definition) is 4. The van der Waals surface area contributed by atoms with Crippen LogP contribution in [0.3, 0.4) is 0 Å². The van der Waals surface area contributed by atoms with Crippen LogP contribution in [0.2, 0.25) is 0 Å². The quantitative estimate of drug-likeness (QED) is 0.391. The number of aromatic hydroxyl groups is 2. The predicted octanol–water partition coefficient (Wildman–Crippen LogP) is 0.468. The summed E-state index contributed by atoms with van der Waals surface area (Å²) in [5.41, 5.74) is 5.76. The third kappa shape index (κ3) is 2.03. The highest BCUT2D eigenvalue weighted by molar-refractivity contribution is 5.58. The van der Waals surface area contributed by atoms with Crippen molar-refractivity contribution in [2.24, 2.45) is 5.73 Å². The van der Waals surface area contributed by atoms with Crippen LogP contribution in [-0.4, -0.2) is 23.3 Å². The number of nitrogens with one attached hydrogen (secondary N) is 1. The van der Waals surface area contributed by atoms with E-state index < -0.39 is 0 Å². The van der Waals surface area contributed by atoms with Gasteiger partial charge in [-0.15, -0.1) is 0 Å². The number of hydrogen-bond acceptors (Lipinski definition) is 4. The van der Waals surface area contributed by atoms with E-state index in [9.17, 15) is 5.11 Å². The van der Waals surface area contributed by atoms with Crippen molar-refractivity contribution in [3.8, 4) is 11.5 Å². The first-order valence-electron chi connectivity index (χ1n) is 3.70. The maximum atomic E-state index is 9.25. The first-order chi connectivity index (χ1) is 5.74. The molecule has 0 atom stereocenters. The molecule has 0 spiro atoms. The predicted molar refractivity (Wildman–Crippen MR) is 47.3 cm³/mol. The Hall–Kier alpha value is -1.42. The number of anilines is 1. The fraction of sp³-hybridized carbons (Fsp3) is 0.250. The molecule has 0 unspecified atom stereocenters. The number of nitrogens with two attached hydrogens (primary N) is 1. The highest BCUT2D eigenvalue weighted by Crippen LogP contribution is 2.26. The molecule has 0 fully saturated rings. The van der Waals surface area contributed by atoms with Crippen LogP contribution in [-0.2, 0) is 0 Å². The molecule has 5 N–H and O–H groups in total. The summed E-state index contributed by atoms with van der Waals surface area (Å²) in [6.45, 7) is 1.05. The number of phenolic OH excluding ortho intramolecular Hbond substituents is 2. The van der Waals surface area contributed by atoms with Gasteiger partial charge in [0, 0.05) is 19.2 Å². The molecule has 0 saturated heterocycles. The number of rotatable bonds is 3. The second kappa shape index (κ2) is 3.82. The molecule has 12 heavy (non-hydrogen) atoms. The van der Waals surface area contributed by atoms with Crippen molar-refractivity contribution in [2.45, 2.75) is 0 Å². The first-order valence-corrected chi connectivity index (χ1v) is 3.70. The highest BCUT2D eigenvalue weighted by Gasteiger charge is 1.99. The van der Waals surface area contributed by atoms with Gasteiger partial charge in [-0.05, 0) is 12.1 Å². The molecule has 0 aliphatic carbocycles. The minimum Gasteiger partial charge on any atom is -0.508 e. The summed E-state index contributed by atoms with van der Waals surface area (Å²) in [5, 5.41) is 21.2. The Morgan fingerprint density at radius 2 is 2.08 bits per heavy atom. The standard InChI is InChI=1S/C8H12N2O2/c9-3-4-10-7-5-6(11)1-2-8(7)12/h1-2,5,10-12H,3-4,9H2. The zero-order valence-electron chi connectivity index (χ0n) is 6.62. The minimum absolute atomic E-state index is 0.112. The lowest BCUT2D eigenvalue weighted by Crippen LogP contribution is -2.12. The van der Waals surface area contributed by atoms with E-state index in [-0.39, 0.29) is 11.5 Å². The van der Waals surface area contributed by atoms with Gasteiger partial charge in [0.25, 0.3) is 0 Å². The Bertz CT molecular complexity index is 263. The lowest BCUT2D eigenvalue weighted by Gasteiger charge is -2.06. The van der Waals surface area contributed by atoms with Gasteiger partial charge in [0.2, 0.25) is 0 Å². The molecule has 0 heterocycles. The molecule has 1 aromatic carbocycles. The van der Waals surface area contributed by atoms with E-state index in [1.165, 1.54) is 18.2 Å². The Morgan fingerprint density at radius 3 is 2.75 bits per heavy atom. The van der Waals surface area contributed by atoms with Crippen LogP contribution < -0.4 is 11.1 Å². The number of benzene rings is 1. The third-order valence-electron chi connectivity index (χ3n) is 1.44. The van der Waals surface area contributed by atoms with Gasteiger partial charge in [-0.1, -0.05) is 0 Å². The molecule has 66 valence electrons. The SMILES string of the molecule is NCCNc1cc(O)ccc1O. The number of phenols is 2. The van der Waals surface area contributed by atoms with E-state index in [1.54, 1.807) is 0 Å². The topological polar surface area (TPSA) is 78.5 Å². The summed E-state index contributed by atoms with van der Waals surface area (Å²) in [6.07, 6.45) is 0. The van der Waals surface area contributed by atoms with Crippen molar-refractivity contribution in [3.05, 3.63) is 18.2 Å². The maximum absolute atomic E-state index is 9.25. The monoisotopic (exact) mass is 168 g/mol. The largest absolute Gasteiger partial charge is 0.508 e. The van der Waals surface area contributed by atoms with Gasteiger partial charge in [-0.3, -0.25) is 0 Å². The van der Waals surface area contributed by atoms with Crippen molar-refractivity contribution in [1.82, 2.24) is 0 Å². The van der Waals surface area contributed by atoms with Crippen LogP contribution in [0.1, 0.15) is 0 Å². The molecule has 0 aromatic heterocycles. The van der Waals surface area contributed by atoms with Gasteiger partial charge in [-0.25, -0.2) is 0 Å². The molecule has 0 aliphatic rings. The second-order valence-corrected chi connectivity index (χ2v) is 2.42. The minimum atomic E-state index is 0.112. The molecule has 0 saturated carbocycles. The van der Waals surface area contributed by atoms with Crippen LogP contribution in [0.15, 0.2) is 18.2 Å². The summed E-state index contributed by atoms with van der Waals surface area (Å²) >= 11 is 0. The summed E-state index contributed by atoms with van der Waals surface area (Å²) in [4.78, 5) is 0. The first kappa shape index (κ1) is 8.67. The molecule has 0 amide bonds. The molecular formula is C8H12N2O2. The summed E-state index contributed by atoms with van der Waals surface area (Å²) < 4.78 is 0. The molecule has 4 nitrogen and oxygen atoms in total. The van der Waals surface area contributed by atoms with Crippen molar-refractivity contribution >= 4 is 5.69 Å². The lowest BCUT2D eigenvalue weighted by atomic mass is 10.2. The molecule has 1 aromatic rings. The van der Waals surface area contributed by atoms with E-state index in [4.69, 9.17) is 10.8 Å². The molecule has 4 heteroatoms. The van der Waals surface area contributed by atoms with Crippen LogP contribution in [0.5, 0.6) is 11.5 Å². The van der Waals surface area contributed by atoms with Crippen LogP contribution >= 0.6 is 0 Å². The van der Waals surface area contributed by atoms with Gasteiger partial charge in [0.15, 0.2) is 0 Å². The summed E-state index contributed by atoms with van der Waals surface area (Å²) in [6, 6.07) is 4.29. The van der Waals surface area contributed by atoms with Gasteiger partial charge < -0.3 is 21.3 Å². The van der Waals surface area contributed by atoms with Crippen molar-refractivity contribution < 1.29 is 10.2 Å². The highest BCUT2D eigenvalue weighted by atomic mass is 16.3. The zero-order chi connectivity index (χ0) is 8.97. The van der Waals surface area contributed by atoms with Gasteiger partial charge in [0.1, 0.15) is 11.5 Å². The lowest BCUT2D eigenvalue weighted by molar-refractivity contribution is 0.462. The van der Waals surface area contributed by atoms with E-state index in [0.29, 0.717) is 18.8 Å². The molecule has 1 rings (SSSR count). The average molecular weight is 168 g/mol. The summed E-state index contributed by atoms with van der Waals surface area (Å²) in [7, 11) is 0. The molecule has 0 bridgehead atoms. The summed E-state index contributed by atoms with van der Waals surface area (Å²) in [5.74, 6) is 0.230. The fourth-order valence-corrected chi connectivity index (χ4v) is 0.872. The van der Waals surface area contributed by atoms with Crippen molar-refractivity contribution in [1.29, 1.82) is 0 Å². The van der Waals surface area contributed by atoms with Gasteiger partial charge in [0.05, 0.1) is 5.69 Å². The van der Waals surface area contributed by atoms with Gasteiger partial charge in [-0.2, -0.15) is 0 Å². The second-order valence-electron chi connectivity index (χ2n) is 2.42. The Labute approximate surface area is 70.6 Å². The van der Waals surface area contributed by atoms with Crippen molar-refractivity contribution in [3.63, 3.8) is 0 Å². The van der Waals surface area contributed by atoms with E-state index in [1.807, 2.05) is 0 Å². The van der Waals surface area contributed by atoms with E-state index in [0.717, 1.165) is 0 Å². The van der Waals surface area contributed by atoms with Crippen LogP contribution in [0.4, 0.5) is 5.69 Å².